The van der Waals surface area contributed by atoms with Crippen LogP contribution in [-0.4, -0.2) is 24.6 Å². The lowest BCUT2D eigenvalue weighted by atomic mass is 10.2. The third-order valence-electron chi connectivity index (χ3n) is 3.19. The first-order valence-electron chi connectivity index (χ1n) is 7.71. The monoisotopic (exact) mass is 340 g/mol. The van der Waals surface area contributed by atoms with E-state index in [-0.39, 0.29) is 12.2 Å². The van der Waals surface area contributed by atoms with E-state index in [1.54, 1.807) is 19.1 Å². The van der Waals surface area contributed by atoms with Crippen LogP contribution < -0.4 is 11.5 Å². The Morgan fingerprint density at radius 3 is 2.36 bits per heavy atom. The number of nitrogens with two attached hydrogens (primary N) is 2. The number of carbonyl (C=O) groups excluding carboxylic acids is 2. The van der Waals surface area contributed by atoms with Gasteiger partial charge in [0.2, 0.25) is 0 Å². The van der Waals surface area contributed by atoms with Crippen molar-refractivity contribution in [3.05, 3.63) is 65.7 Å². The summed E-state index contributed by atoms with van der Waals surface area (Å²) in [5.41, 5.74) is 13.2. The van der Waals surface area contributed by atoms with E-state index in [0.717, 1.165) is 5.56 Å². The second kappa shape index (κ2) is 8.54. The van der Waals surface area contributed by atoms with E-state index >= 15 is 0 Å². The molecule has 0 aliphatic heterocycles. The molecule has 6 heteroatoms. The highest BCUT2D eigenvalue weighted by molar-refractivity contribution is 5.92. The van der Waals surface area contributed by atoms with Crippen LogP contribution in [0.4, 0.5) is 11.4 Å². The molecular weight excluding hydrogens is 320 g/mol. The van der Waals surface area contributed by atoms with Crippen molar-refractivity contribution in [1.82, 2.24) is 0 Å². The number of ether oxygens (including phenoxy) is 2. The zero-order valence-electron chi connectivity index (χ0n) is 13.8. The fourth-order valence-corrected chi connectivity index (χ4v) is 2.06. The number of hydrogen-bond acceptors (Lipinski definition) is 6. The molecule has 2 aromatic rings. The molecule has 0 amide bonds. The summed E-state index contributed by atoms with van der Waals surface area (Å²) in [4.78, 5) is 23.7. The molecule has 0 heterocycles. The van der Waals surface area contributed by atoms with E-state index in [2.05, 4.69) is 0 Å². The van der Waals surface area contributed by atoms with Gasteiger partial charge in [-0.15, -0.1) is 0 Å². The Bertz CT molecular complexity index is 752. The van der Waals surface area contributed by atoms with Gasteiger partial charge in [0.05, 0.1) is 5.56 Å². The highest BCUT2D eigenvalue weighted by Gasteiger charge is 2.14. The maximum Gasteiger partial charge on any atom is 0.338 e. The predicted octanol–water partition coefficient (Wildman–Crippen LogP) is 2.65. The van der Waals surface area contributed by atoms with Crippen molar-refractivity contribution in [1.29, 1.82) is 0 Å². The molecular formula is C19H20N2O4. The average molecular weight is 340 g/mol. The number of rotatable bonds is 6. The quantitative estimate of drug-likeness (QED) is 0.476. The molecule has 0 bridgehead atoms. The lowest BCUT2D eigenvalue weighted by Crippen LogP contribution is -2.22. The largest absolute Gasteiger partial charge is 0.459 e. The smallest absolute Gasteiger partial charge is 0.338 e. The summed E-state index contributed by atoms with van der Waals surface area (Å²) >= 11 is 0. The fourth-order valence-electron chi connectivity index (χ4n) is 2.06. The molecule has 4 N–H and O–H groups in total. The Hall–Kier alpha value is -3.28. The van der Waals surface area contributed by atoms with Crippen molar-refractivity contribution in [2.45, 2.75) is 13.0 Å². The van der Waals surface area contributed by atoms with Crippen LogP contribution in [0.15, 0.2) is 54.6 Å². The predicted molar refractivity (Wildman–Crippen MR) is 96.6 cm³/mol. The molecule has 0 radical (unpaired) electrons. The topological polar surface area (TPSA) is 105 Å². The summed E-state index contributed by atoms with van der Waals surface area (Å²) in [5.74, 6) is -1.10. The minimum absolute atomic E-state index is 0.0541. The molecule has 2 aromatic carbocycles. The molecule has 0 saturated carbocycles. The van der Waals surface area contributed by atoms with E-state index in [9.17, 15) is 9.59 Å². The molecule has 2 rings (SSSR count). The third kappa shape index (κ3) is 6.02. The Labute approximate surface area is 146 Å². The Balaban J connectivity index is 1.81. The highest BCUT2D eigenvalue weighted by atomic mass is 16.6. The van der Waals surface area contributed by atoms with Crippen molar-refractivity contribution in [2.24, 2.45) is 0 Å². The van der Waals surface area contributed by atoms with E-state index in [4.69, 9.17) is 20.9 Å². The van der Waals surface area contributed by atoms with Gasteiger partial charge in [-0.25, -0.2) is 9.59 Å². The lowest BCUT2D eigenvalue weighted by molar-refractivity contribution is -0.140. The summed E-state index contributed by atoms with van der Waals surface area (Å²) in [6.07, 6.45) is 2.36. The molecule has 25 heavy (non-hydrogen) atoms. The number of benzene rings is 2. The Morgan fingerprint density at radius 2 is 1.72 bits per heavy atom. The second-order valence-electron chi connectivity index (χ2n) is 5.48. The van der Waals surface area contributed by atoms with E-state index in [0.29, 0.717) is 11.4 Å². The van der Waals surface area contributed by atoms with Gasteiger partial charge >= 0.3 is 11.9 Å². The third-order valence-corrected chi connectivity index (χ3v) is 3.19. The summed E-state index contributed by atoms with van der Waals surface area (Å²) < 4.78 is 10.3. The maximum absolute atomic E-state index is 12.0. The highest BCUT2D eigenvalue weighted by Crippen LogP contribution is 2.15. The van der Waals surface area contributed by atoms with Gasteiger partial charge < -0.3 is 20.9 Å². The summed E-state index contributed by atoms with van der Waals surface area (Å²) in [7, 11) is 0. The van der Waals surface area contributed by atoms with Gasteiger partial charge in [-0.3, -0.25) is 0 Å². The van der Waals surface area contributed by atoms with Gasteiger partial charge in [0, 0.05) is 17.5 Å². The molecule has 1 unspecified atom stereocenters. The van der Waals surface area contributed by atoms with Gasteiger partial charge in [0.25, 0.3) is 0 Å². The maximum atomic E-state index is 12.0. The molecule has 0 saturated heterocycles. The van der Waals surface area contributed by atoms with E-state index in [1.165, 1.54) is 18.2 Å². The van der Waals surface area contributed by atoms with Crippen molar-refractivity contribution < 1.29 is 19.1 Å². The van der Waals surface area contributed by atoms with Crippen LogP contribution in [0.2, 0.25) is 0 Å². The molecule has 130 valence electrons. The van der Waals surface area contributed by atoms with Crippen LogP contribution in [0.25, 0.3) is 6.08 Å². The number of hydrogen-bond donors (Lipinski definition) is 2. The van der Waals surface area contributed by atoms with Gasteiger partial charge in [0.1, 0.15) is 12.7 Å². The molecule has 0 aliphatic rings. The van der Waals surface area contributed by atoms with Crippen molar-refractivity contribution in [3.8, 4) is 0 Å². The number of carbonyl (C=O) groups is 2. The van der Waals surface area contributed by atoms with E-state index < -0.39 is 18.0 Å². The van der Waals surface area contributed by atoms with Crippen LogP contribution >= 0.6 is 0 Å². The summed E-state index contributed by atoms with van der Waals surface area (Å²) in [5, 5.41) is 0. The van der Waals surface area contributed by atoms with E-state index in [1.807, 2.05) is 30.3 Å². The van der Waals surface area contributed by atoms with Gasteiger partial charge in [-0.1, -0.05) is 30.3 Å². The first kappa shape index (κ1) is 18.1. The van der Waals surface area contributed by atoms with Crippen molar-refractivity contribution in [3.63, 3.8) is 0 Å². The van der Waals surface area contributed by atoms with Crippen LogP contribution in [-0.2, 0) is 14.3 Å². The van der Waals surface area contributed by atoms with Gasteiger partial charge in [-0.05, 0) is 36.8 Å². The second-order valence-corrected chi connectivity index (χ2v) is 5.48. The SMILES string of the molecule is CC(COC(=O)/C=C/c1ccccc1)OC(=O)c1cc(N)cc(N)c1. The minimum atomic E-state index is -0.607. The van der Waals surface area contributed by atoms with Crippen molar-refractivity contribution >= 4 is 29.4 Å². The van der Waals surface area contributed by atoms with Crippen LogP contribution in [0.1, 0.15) is 22.8 Å². The Kier molecular flexibility index (Phi) is 6.17. The van der Waals surface area contributed by atoms with Crippen LogP contribution in [0.3, 0.4) is 0 Å². The van der Waals surface area contributed by atoms with Crippen LogP contribution in [0.5, 0.6) is 0 Å². The molecule has 0 fully saturated rings. The zero-order valence-corrected chi connectivity index (χ0v) is 13.8. The lowest BCUT2D eigenvalue weighted by Gasteiger charge is -2.13. The number of nitrogen functional groups attached to an aromatic ring is 2. The molecule has 6 nitrogen and oxygen atoms in total. The molecule has 0 aromatic heterocycles. The number of esters is 2. The standard InChI is InChI=1S/C19H20N2O4/c1-13(25-19(23)15-9-16(20)11-17(21)10-15)12-24-18(22)8-7-14-5-3-2-4-6-14/h2-11,13H,12,20-21H2,1H3/b8-7+. The molecule has 0 spiro atoms. The molecule has 0 aliphatic carbocycles. The molecule has 1 atom stereocenters. The van der Waals surface area contributed by atoms with Crippen LogP contribution in [0, 0.1) is 0 Å². The van der Waals surface area contributed by atoms with Crippen molar-refractivity contribution in [2.75, 3.05) is 18.1 Å². The number of anilines is 2. The Morgan fingerprint density at radius 1 is 1.08 bits per heavy atom. The summed E-state index contributed by atoms with van der Waals surface area (Å²) in [6, 6.07) is 13.9. The average Bonchev–Trinajstić information content (AvgIpc) is 2.58. The zero-order chi connectivity index (χ0) is 18.2. The fraction of sp³-hybridized carbons (Fsp3) is 0.158. The first-order valence-corrected chi connectivity index (χ1v) is 7.71. The normalized spacial score (nSPS) is 11.9. The van der Waals surface area contributed by atoms with Gasteiger partial charge in [-0.2, -0.15) is 0 Å². The summed E-state index contributed by atoms with van der Waals surface area (Å²) in [6.45, 7) is 1.57. The minimum Gasteiger partial charge on any atom is -0.459 e. The van der Waals surface area contributed by atoms with Gasteiger partial charge in [0.15, 0.2) is 0 Å². The first-order chi connectivity index (χ1) is 11.9.